The number of aryl methyl sites for hydroxylation is 5. The summed E-state index contributed by atoms with van der Waals surface area (Å²) in [5.41, 5.74) is 3.44. The summed E-state index contributed by atoms with van der Waals surface area (Å²) in [5.74, 6) is -0.914. The molecule has 2 heterocycles. The van der Waals surface area contributed by atoms with Crippen LogP contribution in [0, 0.1) is 13.8 Å². The number of unbranched alkanes of at least 4 members (excludes halogenated alkanes) is 2. The van der Waals surface area contributed by atoms with Gasteiger partial charge in [0, 0.05) is 19.3 Å². The van der Waals surface area contributed by atoms with Gasteiger partial charge < -0.3 is 5.11 Å². The number of rotatable bonds is 8. The molecule has 6 nitrogen and oxygen atoms in total. The third-order valence-electron chi connectivity index (χ3n) is 3.81. The molecule has 0 aliphatic heterocycles. The molecule has 1 N–H and O–H groups in total. The van der Waals surface area contributed by atoms with Crippen molar-refractivity contribution in [3.63, 3.8) is 0 Å². The topological polar surface area (TPSA) is 72.9 Å². The Hall–Kier alpha value is -2.11. The average molecular weight is 304 g/mol. The number of carbonyl (C=O) groups is 1. The van der Waals surface area contributed by atoms with Crippen LogP contribution in [0.5, 0.6) is 0 Å². The predicted molar refractivity (Wildman–Crippen MR) is 84.1 cm³/mol. The number of hydrogen-bond donors (Lipinski definition) is 1. The predicted octanol–water partition coefficient (Wildman–Crippen LogP) is 2.83. The third kappa shape index (κ3) is 3.96. The number of aromatic nitrogens is 4. The van der Waals surface area contributed by atoms with E-state index in [2.05, 4.69) is 23.3 Å². The van der Waals surface area contributed by atoms with Crippen LogP contribution in [0.25, 0.3) is 0 Å². The number of hydrogen-bond acceptors (Lipinski definition) is 3. The lowest BCUT2D eigenvalue weighted by Gasteiger charge is -2.04. The Morgan fingerprint density at radius 3 is 2.64 bits per heavy atom. The first kappa shape index (κ1) is 16.3. The van der Waals surface area contributed by atoms with Gasteiger partial charge in [-0.3, -0.25) is 9.36 Å². The second-order valence-electron chi connectivity index (χ2n) is 5.61. The molecule has 0 spiro atoms. The van der Waals surface area contributed by atoms with Crippen molar-refractivity contribution in [1.82, 2.24) is 19.6 Å². The maximum Gasteiger partial charge on any atom is 0.354 e. The Morgan fingerprint density at radius 1 is 1.23 bits per heavy atom. The highest BCUT2D eigenvalue weighted by Crippen LogP contribution is 2.12. The zero-order chi connectivity index (χ0) is 16.1. The normalized spacial score (nSPS) is 11.0. The summed E-state index contributed by atoms with van der Waals surface area (Å²) in [7, 11) is 0. The molecule has 0 amide bonds. The van der Waals surface area contributed by atoms with Crippen molar-refractivity contribution in [1.29, 1.82) is 0 Å². The fourth-order valence-corrected chi connectivity index (χ4v) is 2.61. The molecule has 0 unspecified atom stereocenters. The molecule has 0 radical (unpaired) electrons. The lowest BCUT2D eigenvalue weighted by molar-refractivity contribution is 0.0683. The second kappa shape index (κ2) is 7.24. The van der Waals surface area contributed by atoms with E-state index in [1.54, 1.807) is 10.7 Å². The van der Waals surface area contributed by atoms with Crippen LogP contribution in [0.3, 0.4) is 0 Å². The first-order valence-electron chi connectivity index (χ1n) is 7.82. The van der Waals surface area contributed by atoms with E-state index < -0.39 is 5.97 Å². The Balaban J connectivity index is 1.78. The van der Waals surface area contributed by atoms with Crippen LogP contribution in [0.1, 0.15) is 53.6 Å². The van der Waals surface area contributed by atoms with Crippen molar-refractivity contribution in [3.8, 4) is 0 Å². The van der Waals surface area contributed by atoms with Crippen molar-refractivity contribution < 1.29 is 9.90 Å². The minimum atomic E-state index is -0.914. The minimum absolute atomic E-state index is 0.276. The minimum Gasteiger partial charge on any atom is -0.477 e. The highest BCUT2D eigenvalue weighted by molar-refractivity contribution is 5.85. The molecule has 120 valence electrons. The van der Waals surface area contributed by atoms with Crippen LogP contribution in [0.2, 0.25) is 0 Å². The van der Waals surface area contributed by atoms with E-state index in [0.717, 1.165) is 43.6 Å². The molecule has 0 fully saturated rings. The highest BCUT2D eigenvalue weighted by Gasteiger charge is 2.12. The molecule has 0 atom stereocenters. The van der Waals surface area contributed by atoms with Crippen molar-refractivity contribution in [3.05, 3.63) is 34.9 Å². The summed E-state index contributed by atoms with van der Waals surface area (Å²) in [6, 6.07) is 1.62. The SMILES string of the molecule is CCn1cc(CCCCCn2nc(C)cc2C(=O)O)c(C)n1. The zero-order valence-electron chi connectivity index (χ0n) is 13.5. The van der Waals surface area contributed by atoms with Crippen LogP contribution in [0.15, 0.2) is 12.3 Å². The van der Waals surface area contributed by atoms with E-state index in [9.17, 15) is 4.79 Å². The van der Waals surface area contributed by atoms with Crippen LogP contribution < -0.4 is 0 Å². The fourth-order valence-electron chi connectivity index (χ4n) is 2.61. The lowest BCUT2D eigenvalue weighted by Crippen LogP contribution is -2.10. The largest absolute Gasteiger partial charge is 0.477 e. The molecule has 6 heteroatoms. The number of carboxylic acid groups (broad SMARTS) is 1. The molecule has 0 aliphatic carbocycles. The average Bonchev–Trinajstić information content (AvgIpc) is 3.02. The molecule has 22 heavy (non-hydrogen) atoms. The van der Waals surface area contributed by atoms with Gasteiger partial charge in [-0.15, -0.1) is 0 Å². The van der Waals surface area contributed by atoms with E-state index in [-0.39, 0.29) is 5.69 Å². The van der Waals surface area contributed by atoms with E-state index in [1.807, 2.05) is 18.5 Å². The summed E-state index contributed by atoms with van der Waals surface area (Å²) in [5, 5.41) is 17.8. The van der Waals surface area contributed by atoms with Gasteiger partial charge in [-0.25, -0.2) is 4.79 Å². The standard InChI is InChI=1S/C16H24N4O2/c1-4-19-11-14(13(3)18-19)8-6-5-7-9-20-15(16(21)22)10-12(2)17-20/h10-11H,4-9H2,1-3H3,(H,21,22). The summed E-state index contributed by atoms with van der Waals surface area (Å²) in [6.45, 7) is 7.51. The Labute approximate surface area is 130 Å². The van der Waals surface area contributed by atoms with Gasteiger partial charge in [-0.1, -0.05) is 6.42 Å². The molecule has 0 aromatic carbocycles. The van der Waals surface area contributed by atoms with Crippen molar-refractivity contribution in [2.75, 3.05) is 0 Å². The van der Waals surface area contributed by atoms with Gasteiger partial charge in [0.2, 0.25) is 0 Å². The number of nitrogens with zero attached hydrogens (tertiary/aromatic N) is 4. The van der Waals surface area contributed by atoms with Gasteiger partial charge in [0.25, 0.3) is 0 Å². The van der Waals surface area contributed by atoms with Gasteiger partial charge in [0.15, 0.2) is 0 Å². The summed E-state index contributed by atoms with van der Waals surface area (Å²) in [6.07, 6.45) is 6.21. The molecule has 2 aromatic rings. The first-order chi connectivity index (χ1) is 10.5. The second-order valence-corrected chi connectivity index (χ2v) is 5.61. The molecular weight excluding hydrogens is 280 g/mol. The molecule has 0 aliphatic rings. The van der Waals surface area contributed by atoms with E-state index in [0.29, 0.717) is 6.54 Å². The molecule has 0 saturated carbocycles. The number of carboxylic acids is 1. The van der Waals surface area contributed by atoms with Crippen molar-refractivity contribution in [2.45, 2.75) is 59.5 Å². The lowest BCUT2D eigenvalue weighted by atomic mass is 10.1. The molecular formula is C16H24N4O2. The van der Waals surface area contributed by atoms with E-state index >= 15 is 0 Å². The Kier molecular flexibility index (Phi) is 5.35. The number of aromatic carboxylic acids is 1. The highest BCUT2D eigenvalue weighted by atomic mass is 16.4. The van der Waals surface area contributed by atoms with Gasteiger partial charge in [0.1, 0.15) is 5.69 Å². The van der Waals surface area contributed by atoms with E-state index in [1.165, 1.54) is 5.56 Å². The third-order valence-corrected chi connectivity index (χ3v) is 3.81. The maximum absolute atomic E-state index is 11.1. The summed E-state index contributed by atoms with van der Waals surface area (Å²) < 4.78 is 3.56. The van der Waals surface area contributed by atoms with Crippen molar-refractivity contribution >= 4 is 5.97 Å². The van der Waals surface area contributed by atoms with Crippen LogP contribution in [-0.2, 0) is 19.5 Å². The smallest absolute Gasteiger partial charge is 0.354 e. The monoisotopic (exact) mass is 304 g/mol. The molecule has 2 rings (SSSR count). The van der Waals surface area contributed by atoms with Crippen LogP contribution in [0.4, 0.5) is 0 Å². The van der Waals surface area contributed by atoms with Gasteiger partial charge in [-0.2, -0.15) is 10.2 Å². The van der Waals surface area contributed by atoms with Crippen molar-refractivity contribution in [2.24, 2.45) is 0 Å². The molecule has 0 bridgehead atoms. The maximum atomic E-state index is 11.1. The quantitative estimate of drug-likeness (QED) is 0.761. The van der Waals surface area contributed by atoms with Gasteiger partial charge >= 0.3 is 5.97 Å². The zero-order valence-corrected chi connectivity index (χ0v) is 13.5. The molecule has 2 aromatic heterocycles. The van der Waals surface area contributed by atoms with Crippen LogP contribution >= 0.6 is 0 Å². The molecule has 0 saturated heterocycles. The van der Waals surface area contributed by atoms with Gasteiger partial charge in [-0.05, 0) is 51.7 Å². The Bertz CT molecular complexity index is 643. The van der Waals surface area contributed by atoms with Crippen LogP contribution in [-0.4, -0.2) is 30.6 Å². The Morgan fingerprint density at radius 2 is 2.00 bits per heavy atom. The first-order valence-corrected chi connectivity index (χ1v) is 7.82. The summed E-state index contributed by atoms with van der Waals surface area (Å²) in [4.78, 5) is 11.1. The van der Waals surface area contributed by atoms with Gasteiger partial charge in [0.05, 0.1) is 11.4 Å². The van der Waals surface area contributed by atoms with E-state index in [4.69, 9.17) is 5.11 Å². The summed E-state index contributed by atoms with van der Waals surface area (Å²) >= 11 is 0. The fraction of sp³-hybridized carbons (Fsp3) is 0.562.